The number of amides is 1. The average molecular weight is 386 g/mol. The van der Waals surface area contributed by atoms with Crippen molar-refractivity contribution >= 4 is 11.6 Å². The van der Waals surface area contributed by atoms with Gasteiger partial charge in [0, 0.05) is 25.6 Å². The van der Waals surface area contributed by atoms with E-state index in [1.165, 1.54) is 13.2 Å². The summed E-state index contributed by atoms with van der Waals surface area (Å²) >= 11 is 0. The minimum atomic E-state index is -4.49. The Bertz CT molecular complexity index is 654. The Morgan fingerprint density at radius 1 is 1.22 bits per heavy atom. The maximum absolute atomic E-state index is 13.0. The number of piperidine rings is 1. The fraction of sp³-hybridized carbons (Fsp3) is 0.632. The normalized spacial score (nSPS) is 24.7. The van der Waals surface area contributed by atoms with Gasteiger partial charge >= 0.3 is 6.18 Å². The summed E-state index contributed by atoms with van der Waals surface area (Å²) in [6.45, 7) is 0.481. The molecule has 2 aliphatic rings. The maximum Gasteiger partial charge on any atom is 0.416 e. The van der Waals surface area contributed by atoms with E-state index in [-0.39, 0.29) is 29.9 Å². The number of hydrogen-bond acceptors (Lipinski definition) is 4. The van der Waals surface area contributed by atoms with Crippen molar-refractivity contribution < 1.29 is 27.4 Å². The topological polar surface area (TPSA) is 59.6 Å². The number of hydrogen-bond donors (Lipinski definition) is 2. The summed E-state index contributed by atoms with van der Waals surface area (Å²) < 4.78 is 49.4. The predicted octanol–water partition coefficient (Wildman–Crippen LogP) is 3.59. The van der Waals surface area contributed by atoms with E-state index in [2.05, 4.69) is 10.6 Å². The number of halogens is 3. The second-order valence-electron chi connectivity index (χ2n) is 7.28. The minimum Gasteiger partial charge on any atom is -0.489 e. The molecule has 0 aromatic heterocycles. The molecule has 8 heteroatoms. The number of ether oxygens (including phenoxy) is 2. The van der Waals surface area contributed by atoms with Gasteiger partial charge in [-0.3, -0.25) is 4.79 Å². The zero-order valence-electron chi connectivity index (χ0n) is 15.3. The second kappa shape index (κ2) is 8.48. The van der Waals surface area contributed by atoms with Crippen molar-refractivity contribution in [2.24, 2.45) is 5.92 Å². The van der Waals surface area contributed by atoms with Gasteiger partial charge in [0.2, 0.25) is 5.91 Å². The first kappa shape index (κ1) is 19.9. The summed E-state index contributed by atoms with van der Waals surface area (Å²) in [4.78, 5) is 12.5. The molecule has 2 saturated heterocycles. The van der Waals surface area contributed by atoms with Gasteiger partial charge < -0.3 is 20.1 Å². The number of methoxy groups -OCH3 is 1. The molecule has 2 bridgehead atoms. The molecule has 27 heavy (non-hydrogen) atoms. The molecule has 2 aliphatic heterocycles. The van der Waals surface area contributed by atoms with Crippen LogP contribution in [-0.4, -0.2) is 38.3 Å². The van der Waals surface area contributed by atoms with Gasteiger partial charge in [0.05, 0.1) is 17.9 Å². The fourth-order valence-corrected chi connectivity index (χ4v) is 3.97. The fourth-order valence-electron chi connectivity index (χ4n) is 3.97. The molecule has 1 aromatic carbocycles. The van der Waals surface area contributed by atoms with Gasteiger partial charge in [-0.15, -0.1) is 0 Å². The minimum absolute atomic E-state index is 0.0443. The van der Waals surface area contributed by atoms with Crippen LogP contribution in [-0.2, 0) is 15.7 Å². The molecule has 0 spiro atoms. The highest BCUT2D eigenvalue weighted by atomic mass is 19.4. The molecular formula is C19H25F3N2O3. The molecule has 0 saturated carbocycles. The summed E-state index contributed by atoms with van der Waals surface area (Å²) in [6.07, 6.45) is -0.0452. The van der Waals surface area contributed by atoms with Gasteiger partial charge in [-0.05, 0) is 49.8 Å². The largest absolute Gasteiger partial charge is 0.489 e. The highest BCUT2D eigenvalue weighted by Crippen LogP contribution is 2.36. The molecule has 1 amide bonds. The predicted molar refractivity (Wildman–Crippen MR) is 94.7 cm³/mol. The van der Waals surface area contributed by atoms with Gasteiger partial charge in [-0.2, -0.15) is 13.2 Å². The molecule has 2 fully saturated rings. The third-order valence-electron chi connectivity index (χ3n) is 5.17. The lowest BCUT2D eigenvalue weighted by Crippen LogP contribution is -2.39. The molecule has 2 N–H and O–H groups in total. The van der Waals surface area contributed by atoms with Crippen LogP contribution in [0.1, 0.15) is 37.7 Å². The van der Waals surface area contributed by atoms with Crippen LogP contribution in [0.4, 0.5) is 18.9 Å². The number of carbonyl (C=O) groups is 1. The molecule has 3 rings (SSSR count). The smallest absolute Gasteiger partial charge is 0.416 e. The molecule has 150 valence electrons. The van der Waals surface area contributed by atoms with Crippen LogP contribution in [0.15, 0.2) is 18.2 Å². The first-order valence-corrected chi connectivity index (χ1v) is 9.24. The molecule has 1 aromatic rings. The number of alkyl halides is 3. The molecule has 2 unspecified atom stereocenters. The highest BCUT2D eigenvalue weighted by molar-refractivity contribution is 5.92. The molecule has 2 atom stereocenters. The maximum atomic E-state index is 13.0. The van der Waals surface area contributed by atoms with Crippen molar-refractivity contribution in [2.75, 3.05) is 25.6 Å². The Kier molecular flexibility index (Phi) is 6.26. The number of anilines is 1. The summed E-state index contributed by atoms with van der Waals surface area (Å²) in [7, 11) is 1.50. The number of rotatable bonds is 7. The quantitative estimate of drug-likeness (QED) is 0.703. The molecule has 0 aliphatic carbocycles. The number of benzene rings is 1. The van der Waals surface area contributed by atoms with Crippen LogP contribution in [0.5, 0.6) is 5.75 Å². The third-order valence-corrected chi connectivity index (χ3v) is 5.17. The Morgan fingerprint density at radius 3 is 2.56 bits per heavy atom. The summed E-state index contributed by atoms with van der Waals surface area (Å²) in [5, 5.41) is 6.14. The Hall–Kier alpha value is -1.80. The van der Waals surface area contributed by atoms with E-state index < -0.39 is 11.7 Å². The van der Waals surface area contributed by atoms with E-state index in [1.807, 2.05) is 0 Å². The molecule has 2 heterocycles. The van der Waals surface area contributed by atoms with Crippen LogP contribution < -0.4 is 15.4 Å². The van der Waals surface area contributed by atoms with Crippen LogP contribution in [0.2, 0.25) is 0 Å². The van der Waals surface area contributed by atoms with Crippen LogP contribution in [0, 0.1) is 5.92 Å². The van der Waals surface area contributed by atoms with Crippen molar-refractivity contribution in [3.05, 3.63) is 23.8 Å². The van der Waals surface area contributed by atoms with Crippen molar-refractivity contribution in [1.82, 2.24) is 5.32 Å². The van der Waals surface area contributed by atoms with E-state index >= 15 is 0 Å². The Balaban J connectivity index is 1.67. The van der Waals surface area contributed by atoms with E-state index in [9.17, 15) is 18.0 Å². The lowest BCUT2D eigenvalue weighted by molar-refractivity contribution is -0.137. The SMILES string of the molecule is COCCOc1ccc(C(F)(F)F)cc1NC(=O)CC1CC2CCC(C1)N2. The van der Waals surface area contributed by atoms with Crippen LogP contribution >= 0.6 is 0 Å². The first-order valence-electron chi connectivity index (χ1n) is 9.24. The van der Waals surface area contributed by atoms with Gasteiger partial charge in [-0.1, -0.05) is 0 Å². The van der Waals surface area contributed by atoms with Crippen molar-refractivity contribution in [2.45, 2.75) is 50.4 Å². The van der Waals surface area contributed by atoms with Gasteiger partial charge in [0.25, 0.3) is 0 Å². The summed E-state index contributed by atoms with van der Waals surface area (Å²) in [5.41, 5.74) is -0.778. The van der Waals surface area contributed by atoms with E-state index in [0.717, 1.165) is 37.8 Å². The number of fused-ring (bicyclic) bond motifs is 2. The van der Waals surface area contributed by atoms with E-state index in [4.69, 9.17) is 9.47 Å². The van der Waals surface area contributed by atoms with Gasteiger partial charge in [0.15, 0.2) is 0 Å². The monoisotopic (exact) mass is 386 g/mol. The van der Waals surface area contributed by atoms with Crippen molar-refractivity contribution in [3.63, 3.8) is 0 Å². The number of nitrogens with one attached hydrogen (secondary N) is 2. The van der Waals surface area contributed by atoms with Crippen molar-refractivity contribution in [3.8, 4) is 5.75 Å². The Morgan fingerprint density at radius 2 is 1.93 bits per heavy atom. The number of carbonyl (C=O) groups excluding carboxylic acids is 1. The molecule has 5 nitrogen and oxygen atoms in total. The van der Waals surface area contributed by atoms with Gasteiger partial charge in [-0.25, -0.2) is 0 Å². The summed E-state index contributed by atoms with van der Waals surface area (Å²) in [6, 6.07) is 4.03. The van der Waals surface area contributed by atoms with E-state index in [0.29, 0.717) is 25.1 Å². The van der Waals surface area contributed by atoms with Crippen molar-refractivity contribution in [1.29, 1.82) is 0 Å². The second-order valence-corrected chi connectivity index (χ2v) is 7.28. The van der Waals surface area contributed by atoms with E-state index in [1.54, 1.807) is 0 Å². The Labute approximate surface area is 156 Å². The summed E-state index contributed by atoms with van der Waals surface area (Å²) in [5.74, 6) is 0.184. The molecule has 0 radical (unpaired) electrons. The highest BCUT2D eigenvalue weighted by Gasteiger charge is 2.35. The lowest BCUT2D eigenvalue weighted by atomic mass is 9.89. The first-order chi connectivity index (χ1) is 12.8. The standard InChI is InChI=1S/C19H25F3N2O3/c1-26-6-7-27-17-5-2-13(19(20,21)22)11-16(17)24-18(25)10-12-8-14-3-4-15(9-12)23-14/h2,5,11-12,14-15,23H,3-4,6-10H2,1H3,(H,24,25). The average Bonchev–Trinajstić information content (AvgIpc) is 2.94. The van der Waals surface area contributed by atoms with Crippen LogP contribution in [0.25, 0.3) is 0 Å². The molecular weight excluding hydrogens is 361 g/mol. The van der Waals surface area contributed by atoms with Crippen LogP contribution in [0.3, 0.4) is 0 Å². The zero-order valence-corrected chi connectivity index (χ0v) is 15.3. The third kappa shape index (κ3) is 5.35. The van der Waals surface area contributed by atoms with Gasteiger partial charge in [0.1, 0.15) is 12.4 Å². The zero-order chi connectivity index (χ0) is 19.4. The lowest BCUT2D eigenvalue weighted by Gasteiger charge is -2.28.